The third-order valence-electron chi connectivity index (χ3n) is 3.07. The normalized spacial score (nSPS) is 18.5. The Morgan fingerprint density at radius 1 is 1.58 bits per heavy atom. The summed E-state index contributed by atoms with van der Waals surface area (Å²) in [4.78, 5) is 11.7. The predicted molar refractivity (Wildman–Crippen MR) is 74.6 cm³/mol. The topological polar surface area (TPSA) is 47.6 Å². The first-order valence-corrected chi connectivity index (χ1v) is 6.74. The van der Waals surface area contributed by atoms with E-state index < -0.39 is 0 Å². The van der Waals surface area contributed by atoms with Gasteiger partial charge in [-0.15, -0.1) is 0 Å². The minimum atomic E-state index is -0.168. The summed E-state index contributed by atoms with van der Waals surface area (Å²) < 4.78 is 10.6. The first-order valence-electron chi connectivity index (χ1n) is 6.36. The van der Waals surface area contributed by atoms with Crippen LogP contribution in [0.5, 0.6) is 0 Å². The molecular formula is C14H18ClNO3. The monoisotopic (exact) mass is 283 g/mol. The molecule has 0 spiro atoms. The summed E-state index contributed by atoms with van der Waals surface area (Å²) >= 11 is 5.99. The molecule has 2 rings (SSSR count). The van der Waals surface area contributed by atoms with E-state index in [1.807, 2.05) is 19.1 Å². The molecule has 0 aromatic heterocycles. The Kier molecular flexibility index (Phi) is 5.19. The molecule has 1 aliphatic rings. The van der Waals surface area contributed by atoms with Crippen LogP contribution < -0.4 is 5.32 Å². The van der Waals surface area contributed by atoms with Gasteiger partial charge >= 0.3 is 0 Å². The first-order chi connectivity index (χ1) is 9.15. The molecule has 19 heavy (non-hydrogen) atoms. The van der Waals surface area contributed by atoms with Crippen molar-refractivity contribution in [1.82, 2.24) is 0 Å². The highest BCUT2D eigenvalue weighted by Crippen LogP contribution is 2.19. The number of hydrogen-bond acceptors (Lipinski definition) is 3. The number of rotatable bonds is 5. The summed E-state index contributed by atoms with van der Waals surface area (Å²) in [5.41, 5.74) is 1.67. The standard InChI is InChI=1S/C14H18ClNO3/c1-10-2-3-12(6-13(10)15)16-14(17)9-19-8-11-4-5-18-7-11/h2-3,6,11H,4-5,7-9H2,1H3,(H,16,17). The maximum absolute atomic E-state index is 11.7. The van der Waals surface area contributed by atoms with Gasteiger partial charge < -0.3 is 14.8 Å². The lowest BCUT2D eigenvalue weighted by Gasteiger charge is -2.09. The van der Waals surface area contributed by atoms with Crippen molar-refractivity contribution in [2.75, 3.05) is 31.7 Å². The van der Waals surface area contributed by atoms with Crippen molar-refractivity contribution in [2.45, 2.75) is 13.3 Å². The third-order valence-corrected chi connectivity index (χ3v) is 3.47. The molecule has 0 radical (unpaired) electrons. The zero-order valence-electron chi connectivity index (χ0n) is 10.9. The number of nitrogens with one attached hydrogen (secondary N) is 1. The highest BCUT2D eigenvalue weighted by atomic mass is 35.5. The predicted octanol–water partition coefficient (Wildman–Crippen LogP) is 2.64. The molecule has 1 amide bonds. The molecule has 1 heterocycles. The zero-order chi connectivity index (χ0) is 13.7. The molecule has 104 valence electrons. The highest BCUT2D eigenvalue weighted by molar-refractivity contribution is 6.31. The van der Waals surface area contributed by atoms with Crippen molar-refractivity contribution < 1.29 is 14.3 Å². The minimum Gasteiger partial charge on any atom is -0.381 e. The van der Waals surface area contributed by atoms with Crippen molar-refractivity contribution in [2.24, 2.45) is 5.92 Å². The van der Waals surface area contributed by atoms with Crippen LogP contribution in [0.3, 0.4) is 0 Å². The maximum Gasteiger partial charge on any atom is 0.250 e. The largest absolute Gasteiger partial charge is 0.381 e. The van der Waals surface area contributed by atoms with Crippen molar-refractivity contribution in [3.63, 3.8) is 0 Å². The average molecular weight is 284 g/mol. The van der Waals surface area contributed by atoms with E-state index >= 15 is 0 Å². The second-order valence-corrected chi connectivity index (χ2v) is 5.16. The van der Waals surface area contributed by atoms with Crippen LogP contribution in [0.2, 0.25) is 5.02 Å². The molecule has 1 aliphatic heterocycles. The van der Waals surface area contributed by atoms with Crippen LogP contribution in [0.1, 0.15) is 12.0 Å². The highest BCUT2D eigenvalue weighted by Gasteiger charge is 2.16. The van der Waals surface area contributed by atoms with E-state index in [4.69, 9.17) is 21.1 Å². The molecule has 1 N–H and O–H groups in total. The summed E-state index contributed by atoms with van der Waals surface area (Å²) in [5.74, 6) is 0.250. The maximum atomic E-state index is 11.7. The van der Waals surface area contributed by atoms with Crippen LogP contribution in [-0.2, 0) is 14.3 Å². The molecule has 5 heteroatoms. The van der Waals surface area contributed by atoms with E-state index in [1.54, 1.807) is 6.07 Å². The lowest BCUT2D eigenvalue weighted by atomic mass is 10.1. The van der Waals surface area contributed by atoms with Crippen LogP contribution in [0.25, 0.3) is 0 Å². The number of ether oxygens (including phenoxy) is 2. The summed E-state index contributed by atoms with van der Waals surface area (Å²) in [5, 5.41) is 3.40. The van der Waals surface area contributed by atoms with Crippen LogP contribution in [0.15, 0.2) is 18.2 Å². The van der Waals surface area contributed by atoms with E-state index in [1.165, 1.54) is 0 Å². The molecule has 0 bridgehead atoms. The lowest BCUT2D eigenvalue weighted by molar-refractivity contribution is -0.121. The Hall–Kier alpha value is -1.10. The Balaban J connectivity index is 1.72. The Morgan fingerprint density at radius 3 is 3.11 bits per heavy atom. The van der Waals surface area contributed by atoms with Gasteiger partial charge in [-0.25, -0.2) is 0 Å². The van der Waals surface area contributed by atoms with E-state index in [9.17, 15) is 4.79 Å². The molecule has 1 aromatic rings. The van der Waals surface area contributed by atoms with Crippen molar-refractivity contribution in [1.29, 1.82) is 0 Å². The average Bonchev–Trinajstić information content (AvgIpc) is 2.87. The van der Waals surface area contributed by atoms with Gasteiger partial charge in [-0.3, -0.25) is 4.79 Å². The lowest BCUT2D eigenvalue weighted by Crippen LogP contribution is -2.21. The number of aryl methyl sites for hydroxylation is 1. The Labute approximate surface area is 118 Å². The van der Waals surface area contributed by atoms with Crippen LogP contribution in [0, 0.1) is 12.8 Å². The molecule has 1 atom stereocenters. The number of carbonyl (C=O) groups is 1. The molecule has 4 nitrogen and oxygen atoms in total. The number of hydrogen-bond donors (Lipinski definition) is 1. The van der Waals surface area contributed by atoms with Gasteiger partial charge in [-0.05, 0) is 31.0 Å². The van der Waals surface area contributed by atoms with Gasteiger partial charge in [0.25, 0.3) is 0 Å². The van der Waals surface area contributed by atoms with E-state index in [2.05, 4.69) is 5.32 Å². The number of amides is 1. The summed E-state index contributed by atoms with van der Waals surface area (Å²) in [6, 6.07) is 5.43. The third kappa shape index (κ3) is 4.49. The van der Waals surface area contributed by atoms with E-state index in [0.717, 1.165) is 25.2 Å². The van der Waals surface area contributed by atoms with Gasteiger partial charge in [0.15, 0.2) is 0 Å². The summed E-state index contributed by atoms with van der Waals surface area (Å²) in [6.45, 7) is 4.07. The fourth-order valence-electron chi connectivity index (χ4n) is 1.90. The molecule has 0 aliphatic carbocycles. The number of anilines is 1. The quantitative estimate of drug-likeness (QED) is 0.904. The summed E-state index contributed by atoms with van der Waals surface area (Å²) in [6.07, 6.45) is 1.01. The van der Waals surface area contributed by atoms with Crippen LogP contribution in [-0.4, -0.2) is 32.3 Å². The molecular weight excluding hydrogens is 266 g/mol. The second kappa shape index (κ2) is 6.89. The molecule has 1 unspecified atom stereocenters. The SMILES string of the molecule is Cc1ccc(NC(=O)COCC2CCOC2)cc1Cl. The molecule has 1 fully saturated rings. The Morgan fingerprint density at radius 2 is 2.42 bits per heavy atom. The van der Waals surface area contributed by atoms with Gasteiger partial charge in [-0.2, -0.15) is 0 Å². The van der Waals surface area contributed by atoms with Gasteiger partial charge in [-0.1, -0.05) is 17.7 Å². The van der Waals surface area contributed by atoms with Gasteiger partial charge in [0.1, 0.15) is 6.61 Å². The van der Waals surface area contributed by atoms with Crippen molar-refractivity contribution in [3.8, 4) is 0 Å². The van der Waals surface area contributed by atoms with Gasteiger partial charge in [0.2, 0.25) is 5.91 Å². The van der Waals surface area contributed by atoms with Gasteiger partial charge in [0.05, 0.1) is 13.2 Å². The smallest absolute Gasteiger partial charge is 0.250 e. The molecule has 1 saturated heterocycles. The number of halogens is 1. The van der Waals surface area contributed by atoms with Crippen LogP contribution >= 0.6 is 11.6 Å². The molecule has 0 saturated carbocycles. The Bertz CT molecular complexity index is 444. The fourth-order valence-corrected chi connectivity index (χ4v) is 2.08. The number of benzene rings is 1. The fraction of sp³-hybridized carbons (Fsp3) is 0.500. The number of carbonyl (C=O) groups excluding carboxylic acids is 1. The zero-order valence-corrected chi connectivity index (χ0v) is 11.7. The van der Waals surface area contributed by atoms with E-state index in [0.29, 0.717) is 23.2 Å². The van der Waals surface area contributed by atoms with Crippen LogP contribution in [0.4, 0.5) is 5.69 Å². The van der Waals surface area contributed by atoms with Crippen molar-refractivity contribution >= 4 is 23.2 Å². The molecule has 1 aromatic carbocycles. The van der Waals surface area contributed by atoms with Crippen molar-refractivity contribution in [3.05, 3.63) is 28.8 Å². The minimum absolute atomic E-state index is 0.0575. The van der Waals surface area contributed by atoms with Gasteiger partial charge in [0, 0.05) is 23.2 Å². The first kappa shape index (κ1) is 14.3. The van der Waals surface area contributed by atoms with E-state index in [-0.39, 0.29) is 12.5 Å². The second-order valence-electron chi connectivity index (χ2n) is 4.76. The summed E-state index contributed by atoms with van der Waals surface area (Å²) in [7, 11) is 0.